The number of hydrogen-bond donors (Lipinski definition) is 2. The monoisotopic (exact) mass is 675 g/mol. The Balaban J connectivity index is 1.72. The average Bonchev–Trinajstić information content (AvgIpc) is 3.16. The molecule has 4 aromatic rings. The summed E-state index contributed by atoms with van der Waals surface area (Å²) in [5, 5.41) is -0.323. The quantitative estimate of drug-likeness (QED) is 0.0824. The summed E-state index contributed by atoms with van der Waals surface area (Å²) in [5.74, 6) is -5.39. The van der Waals surface area contributed by atoms with Gasteiger partial charge in [-0.2, -0.15) is 25.8 Å². The Bertz CT molecular complexity index is 1770. The molecule has 48 heavy (non-hydrogen) atoms. The zero-order chi connectivity index (χ0) is 34.4. The molecule has 3 unspecified atom stereocenters. The van der Waals surface area contributed by atoms with Crippen molar-refractivity contribution < 1.29 is 37.1 Å². The molecule has 12 heteroatoms. The van der Waals surface area contributed by atoms with Gasteiger partial charge in [0, 0.05) is 11.1 Å². The molecule has 2 N–H and O–H groups in total. The second kappa shape index (κ2) is 14.9. The number of carbonyl (C=O) groups is 4. The Morgan fingerprint density at radius 3 is 2.08 bits per heavy atom. The smallest absolute Gasteiger partial charge is 0.386 e. The molecule has 0 saturated carbocycles. The zero-order valence-electron chi connectivity index (χ0n) is 25.5. The number of anilines is 2. The number of benzene rings is 4. The lowest BCUT2D eigenvalue weighted by Gasteiger charge is -2.37. The Morgan fingerprint density at radius 1 is 0.875 bits per heavy atom. The predicted molar refractivity (Wildman–Crippen MR) is 176 cm³/mol. The fourth-order valence-corrected chi connectivity index (χ4v) is 5.94. The molecule has 1 aliphatic rings. The number of nitrogens with two attached hydrogens (primary N) is 1. The van der Waals surface area contributed by atoms with Crippen LogP contribution < -0.4 is 10.6 Å². The minimum atomic E-state index is -5.42. The van der Waals surface area contributed by atoms with Gasteiger partial charge < -0.3 is 15.4 Å². The molecular formula is C36H32F3N3O5S. The maximum absolute atomic E-state index is 15.0. The lowest BCUT2D eigenvalue weighted by atomic mass is 9.95. The molecular weight excluding hydrogens is 643 g/mol. The van der Waals surface area contributed by atoms with Crippen molar-refractivity contribution in [1.82, 2.24) is 4.90 Å². The number of rotatable bonds is 10. The van der Waals surface area contributed by atoms with Gasteiger partial charge in [0.15, 0.2) is 0 Å². The molecule has 0 spiro atoms. The first-order valence-electron chi connectivity index (χ1n) is 15.2. The summed E-state index contributed by atoms with van der Waals surface area (Å²) < 4.78 is 43.4. The Kier molecular flexibility index (Phi) is 10.7. The molecule has 0 bridgehead atoms. The second-order valence-electron chi connectivity index (χ2n) is 11.2. The Labute approximate surface area is 280 Å². The summed E-state index contributed by atoms with van der Waals surface area (Å²) in [7, 11) is 0. The lowest BCUT2D eigenvalue weighted by Crippen LogP contribution is -2.44. The largest absolute Gasteiger partial charge is 0.491 e. The van der Waals surface area contributed by atoms with Crippen LogP contribution in [-0.2, 0) is 25.5 Å². The number of ether oxygens (including phenoxy) is 1. The van der Waals surface area contributed by atoms with Gasteiger partial charge in [0.25, 0.3) is 11.8 Å². The maximum Gasteiger partial charge on any atom is 0.491 e. The van der Waals surface area contributed by atoms with Gasteiger partial charge >= 0.3 is 18.1 Å². The first kappa shape index (κ1) is 34.4. The first-order chi connectivity index (χ1) is 23.0. The van der Waals surface area contributed by atoms with Crippen LogP contribution in [-0.4, -0.2) is 40.2 Å². The van der Waals surface area contributed by atoms with Crippen molar-refractivity contribution >= 4 is 47.8 Å². The van der Waals surface area contributed by atoms with E-state index in [1.54, 1.807) is 103 Å². The lowest BCUT2D eigenvalue weighted by molar-refractivity contribution is -0.202. The zero-order valence-corrected chi connectivity index (χ0v) is 26.4. The van der Waals surface area contributed by atoms with Crippen molar-refractivity contribution in [2.24, 2.45) is 5.73 Å². The van der Waals surface area contributed by atoms with E-state index in [0.717, 1.165) is 5.56 Å². The number of para-hydroxylation sites is 1. The number of halogens is 3. The van der Waals surface area contributed by atoms with Gasteiger partial charge in [0.05, 0.1) is 23.7 Å². The normalized spacial score (nSPS) is 16.1. The van der Waals surface area contributed by atoms with Crippen LogP contribution in [0.2, 0.25) is 0 Å². The summed E-state index contributed by atoms with van der Waals surface area (Å²) in [6.07, 6.45) is -4.44. The van der Waals surface area contributed by atoms with E-state index in [1.165, 1.54) is 9.80 Å². The molecule has 0 fully saturated rings. The van der Waals surface area contributed by atoms with Crippen LogP contribution in [0.15, 0.2) is 109 Å². The van der Waals surface area contributed by atoms with Crippen molar-refractivity contribution in [3.05, 3.63) is 131 Å². The topological polar surface area (TPSA) is 110 Å². The highest BCUT2D eigenvalue weighted by molar-refractivity contribution is 7.80. The number of amides is 2. The van der Waals surface area contributed by atoms with Gasteiger partial charge in [-0.05, 0) is 60.2 Å². The van der Waals surface area contributed by atoms with Gasteiger partial charge in [-0.15, -0.1) is 0 Å². The van der Waals surface area contributed by atoms with E-state index in [2.05, 4.69) is 17.4 Å². The maximum atomic E-state index is 15.0. The number of hydrogen-bond acceptors (Lipinski definition) is 7. The Morgan fingerprint density at radius 2 is 1.48 bits per heavy atom. The van der Waals surface area contributed by atoms with Crippen LogP contribution in [0.4, 0.5) is 24.5 Å². The van der Waals surface area contributed by atoms with Gasteiger partial charge in [0.1, 0.15) is 6.04 Å². The van der Waals surface area contributed by atoms with Crippen LogP contribution in [0, 0.1) is 0 Å². The molecule has 248 valence electrons. The number of carbonyl (C=O) groups excluding carboxylic acids is 4. The molecule has 0 saturated heterocycles. The van der Waals surface area contributed by atoms with Gasteiger partial charge in [-0.1, -0.05) is 84.9 Å². The van der Waals surface area contributed by atoms with Crippen molar-refractivity contribution in [2.75, 3.05) is 4.90 Å². The molecule has 0 aliphatic carbocycles. The van der Waals surface area contributed by atoms with E-state index in [9.17, 15) is 32.3 Å². The van der Waals surface area contributed by atoms with Crippen molar-refractivity contribution in [3.63, 3.8) is 0 Å². The molecule has 4 aromatic carbocycles. The van der Waals surface area contributed by atoms with E-state index in [-0.39, 0.29) is 16.6 Å². The highest BCUT2D eigenvalue weighted by Crippen LogP contribution is 2.44. The number of aryl methyl sites for hydroxylation is 1. The molecule has 2 amide bonds. The molecule has 5 rings (SSSR count). The summed E-state index contributed by atoms with van der Waals surface area (Å²) >= 11 is 4.24. The van der Waals surface area contributed by atoms with Gasteiger partial charge in [0.2, 0.25) is 0 Å². The van der Waals surface area contributed by atoms with Crippen molar-refractivity contribution in [3.8, 4) is 0 Å². The van der Waals surface area contributed by atoms with Crippen LogP contribution in [0.1, 0.15) is 58.4 Å². The van der Waals surface area contributed by atoms with E-state index >= 15 is 0 Å². The average molecular weight is 676 g/mol. The Hall–Kier alpha value is -4.94. The van der Waals surface area contributed by atoms with Crippen LogP contribution >= 0.6 is 12.6 Å². The van der Waals surface area contributed by atoms with Crippen LogP contribution in [0.3, 0.4) is 0 Å². The predicted octanol–water partition coefficient (Wildman–Crippen LogP) is 6.85. The first-order valence-corrected chi connectivity index (χ1v) is 15.7. The van der Waals surface area contributed by atoms with Gasteiger partial charge in [-0.25, -0.2) is 4.79 Å². The third-order valence-corrected chi connectivity index (χ3v) is 8.17. The van der Waals surface area contributed by atoms with E-state index in [0.29, 0.717) is 36.1 Å². The molecule has 1 aliphatic heterocycles. The highest BCUT2D eigenvalue weighted by Gasteiger charge is 2.47. The molecule has 3 atom stereocenters. The number of esters is 2. The molecule has 1 heterocycles. The van der Waals surface area contributed by atoms with Crippen molar-refractivity contribution in [1.29, 1.82) is 0 Å². The minimum Gasteiger partial charge on any atom is -0.386 e. The standard InChI is InChI=1S/C36H32F3N3O5S/c37-36(38,39)35(46)47-31(43)22-29(24-12-4-1-5-13-24)42-32(25-14-6-2-7-15-25)34(45)41(26-16-8-3-9-17-26)28-20-19-23(11-10-18-30(40)48)21-27(28)33(42)44/h1-9,12-17,19-21,29-30,32,48H,10-11,18,22,40H2. The summed E-state index contributed by atoms with van der Waals surface area (Å²) in [6, 6.07) is 27.8. The molecule has 0 aromatic heterocycles. The minimum absolute atomic E-state index is 0.138. The third kappa shape index (κ3) is 7.77. The summed E-state index contributed by atoms with van der Waals surface area (Å²) in [4.78, 5) is 57.2. The second-order valence-corrected chi connectivity index (χ2v) is 11.9. The fourth-order valence-electron chi connectivity index (χ4n) is 5.75. The molecule has 0 radical (unpaired) electrons. The highest BCUT2D eigenvalue weighted by atomic mass is 32.1. The van der Waals surface area contributed by atoms with E-state index < -0.39 is 48.4 Å². The van der Waals surface area contributed by atoms with Gasteiger partial charge in [-0.3, -0.25) is 19.3 Å². The number of thiol groups is 1. The SMILES string of the molecule is NC(S)CCCc1ccc2c(c1)C(=O)N(C(CC(=O)OC(=O)C(F)(F)F)c1ccccc1)C(c1ccccc1)C(=O)N2c1ccccc1. The number of alkyl halides is 3. The summed E-state index contributed by atoms with van der Waals surface area (Å²) in [6.45, 7) is 0. The molecule has 8 nitrogen and oxygen atoms in total. The van der Waals surface area contributed by atoms with E-state index in [1.807, 2.05) is 6.07 Å². The summed E-state index contributed by atoms with van der Waals surface area (Å²) in [5.41, 5.74) is 8.23. The fraction of sp³-hybridized carbons (Fsp3) is 0.222. The number of nitrogens with zero attached hydrogens (tertiary/aromatic N) is 2. The number of fused-ring (bicyclic) bond motifs is 1. The third-order valence-electron chi connectivity index (χ3n) is 7.91. The van der Waals surface area contributed by atoms with E-state index in [4.69, 9.17) is 5.73 Å². The van der Waals surface area contributed by atoms with Crippen molar-refractivity contribution in [2.45, 2.75) is 49.3 Å². The van der Waals surface area contributed by atoms with Crippen LogP contribution in [0.5, 0.6) is 0 Å². The van der Waals surface area contributed by atoms with Crippen LogP contribution in [0.25, 0.3) is 0 Å².